The molecule has 0 aromatic heterocycles. The van der Waals surface area contributed by atoms with Crippen molar-refractivity contribution >= 4 is 23.5 Å². The van der Waals surface area contributed by atoms with E-state index in [4.69, 9.17) is 0 Å². The van der Waals surface area contributed by atoms with E-state index in [-0.39, 0.29) is 0 Å². The second-order valence-corrected chi connectivity index (χ2v) is 10.1. The van der Waals surface area contributed by atoms with Gasteiger partial charge in [-0.2, -0.15) is 23.5 Å². The highest BCUT2D eigenvalue weighted by atomic mass is 32.2. The second-order valence-electron chi connectivity index (χ2n) is 7.81. The normalized spacial score (nSPS) is 37.1. The molecular weight excluding hydrogens is 296 g/mol. The van der Waals surface area contributed by atoms with Gasteiger partial charge in [-0.05, 0) is 56.5 Å². The fourth-order valence-electron chi connectivity index (χ4n) is 4.56. The van der Waals surface area contributed by atoms with Crippen LogP contribution in [0.15, 0.2) is 0 Å². The largest absolute Gasteiger partial charge is 0.302 e. The molecule has 0 radical (unpaired) electrons. The lowest BCUT2D eigenvalue weighted by molar-refractivity contribution is 0.0860. The van der Waals surface area contributed by atoms with Gasteiger partial charge in [-0.3, -0.25) is 4.90 Å². The highest BCUT2D eigenvalue weighted by molar-refractivity contribution is 8.03. The van der Waals surface area contributed by atoms with Gasteiger partial charge >= 0.3 is 0 Å². The number of thioether (sulfide) groups is 2. The Hall–Kier alpha value is 0.620. The van der Waals surface area contributed by atoms with Gasteiger partial charge in [-0.25, -0.2) is 0 Å². The average molecular weight is 327 g/mol. The van der Waals surface area contributed by atoms with Crippen LogP contribution in [0.1, 0.15) is 32.1 Å². The molecule has 1 spiro atoms. The SMILES string of the molecule is C1CN(CC2CC2)CC2(C1)CCN(C1CSCCSC1)C2. The average Bonchev–Trinajstić information content (AvgIpc) is 3.26. The van der Waals surface area contributed by atoms with Crippen molar-refractivity contribution < 1.29 is 0 Å². The zero-order valence-electron chi connectivity index (χ0n) is 13.3. The van der Waals surface area contributed by atoms with E-state index in [1.165, 1.54) is 87.8 Å². The van der Waals surface area contributed by atoms with Gasteiger partial charge in [0.1, 0.15) is 0 Å². The zero-order chi connectivity index (χ0) is 14.1. The predicted molar refractivity (Wildman–Crippen MR) is 95.5 cm³/mol. The van der Waals surface area contributed by atoms with Crippen LogP contribution < -0.4 is 0 Å². The van der Waals surface area contributed by atoms with E-state index >= 15 is 0 Å². The van der Waals surface area contributed by atoms with Crippen molar-refractivity contribution in [2.45, 2.75) is 38.1 Å². The van der Waals surface area contributed by atoms with Crippen LogP contribution in [-0.4, -0.2) is 71.6 Å². The molecule has 0 bridgehead atoms. The van der Waals surface area contributed by atoms with Crippen molar-refractivity contribution in [2.75, 3.05) is 55.7 Å². The Kier molecular flexibility index (Phi) is 4.78. The third-order valence-corrected chi connectivity index (χ3v) is 8.42. The lowest BCUT2D eigenvalue weighted by atomic mass is 9.79. The highest BCUT2D eigenvalue weighted by Crippen LogP contribution is 2.41. The molecule has 1 aliphatic carbocycles. The molecule has 120 valence electrons. The summed E-state index contributed by atoms with van der Waals surface area (Å²) >= 11 is 4.38. The van der Waals surface area contributed by atoms with Crippen LogP contribution in [0.2, 0.25) is 0 Å². The van der Waals surface area contributed by atoms with Gasteiger partial charge in [-0.15, -0.1) is 0 Å². The first-order chi connectivity index (χ1) is 10.3. The number of piperidine rings is 1. The maximum atomic E-state index is 2.87. The summed E-state index contributed by atoms with van der Waals surface area (Å²) in [4.78, 5) is 5.69. The summed E-state index contributed by atoms with van der Waals surface area (Å²) in [5.41, 5.74) is 0.661. The van der Waals surface area contributed by atoms with E-state index in [9.17, 15) is 0 Å². The Bertz CT molecular complexity index is 353. The number of nitrogens with zero attached hydrogens (tertiary/aromatic N) is 2. The molecule has 3 heterocycles. The summed E-state index contributed by atoms with van der Waals surface area (Å²) < 4.78 is 0. The predicted octanol–water partition coefficient (Wildman–Crippen LogP) is 3.03. The van der Waals surface area contributed by atoms with Crippen molar-refractivity contribution in [2.24, 2.45) is 11.3 Å². The minimum absolute atomic E-state index is 0.661. The van der Waals surface area contributed by atoms with Gasteiger partial charge < -0.3 is 4.90 Å². The summed E-state index contributed by atoms with van der Waals surface area (Å²) in [6.45, 7) is 6.99. The van der Waals surface area contributed by atoms with E-state index in [1.807, 2.05) is 0 Å². The van der Waals surface area contributed by atoms with Crippen molar-refractivity contribution in [1.29, 1.82) is 0 Å². The summed E-state index contributed by atoms with van der Waals surface area (Å²) in [5.74, 6) is 6.57. The fraction of sp³-hybridized carbons (Fsp3) is 1.00. The van der Waals surface area contributed by atoms with Crippen molar-refractivity contribution in [3.63, 3.8) is 0 Å². The first-order valence-electron chi connectivity index (χ1n) is 8.95. The smallest absolute Gasteiger partial charge is 0.0277 e. The third kappa shape index (κ3) is 3.76. The molecule has 4 aliphatic rings. The number of hydrogen-bond donors (Lipinski definition) is 0. The Balaban J connectivity index is 1.34. The van der Waals surface area contributed by atoms with E-state index in [0.717, 1.165) is 12.0 Å². The fourth-order valence-corrected chi connectivity index (χ4v) is 7.19. The van der Waals surface area contributed by atoms with Gasteiger partial charge in [0.15, 0.2) is 0 Å². The molecule has 3 aliphatic heterocycles. The van der Waals surface area contributed by atoms with Crippen LogP contribution in [-0.2, 0) is 0 Å². The van der Waals surface area contributed by atoms with Crippen molar-refractivity contribution in [3.05, 3.63) is 0 Å². The van der Waals surface area contributed by atoms with Gasteiger partial charge in [0.05, 0.1) is 0 Å². The minimum Gasteiger partial charge on any atom is -0.302 e. The molecule has 4 rings (SSSR count). The molecule has 0 aromatic rings. The van der Waals surface area contributed by atoms with Crippen LogP contribution in [0.3, 0.4) is 0 Å². The summed E-state index contributed by atoms with van der Waals surface area (Å²) in [5, 5.41) is 0. The van der Waals surface area contributed by atoms with E-state index in [2.05, 4.69) is 33.3 Å². The molecule has 21 heavy (non-hydrogen) atoms. The number of hydrogen-bond acceptors (Lipinski definition) is 4. The van der Waals surface area contributed by atoms with Crippen LogP contribution in [0, 0.1) is 11.3 Å². The maximum Gasteiger partial charge on any atom is 0.0277 e. The molecule has 1 atom stereocenters. The maximum absolute atomic E-state index is 2.87. The van der Waals surface area contributed by atoms with Crippen LogP contribution in [0.25, 0.3) is 0 Å². The van der Waals surface area contributed by atoms with Gasteiger partial charge in [-0.1, -0.05) is 0 Å². The number of rotatable bonds is 3. The molecule has 1 unspecified atom stereocenters. The summed E-state index contributed by atoms with van der Waals surface area (Å²) in [7, 11) is 0. The molecule has 4 fully saturated rings. The molecule has 0 amide bonds. The van der Waals surface area contributed by atoms with Crippen LogP contribution in [0.4, 0.5) is 0 Å². The van der Waals surface area contributed by atoms with E-state index in [1.54, 1.807) is 0 Å². The van der Waals surface area contributed by atoms with E-state index < -0.39 is 0 Å². The molecule has 0 aromatic carbocycles. The quantitative estimate of drug-likeness (QED) is 0.786. The van der Waals surface area contributed by atoms with Gasteiger partial charge in [0, 0.05) is 48.7 Å². The topological polar surface area (TPSA) is 6.48 Å². The minimum atomic E-state index is 0.661. The third-order valence-electron chi connectivity index (χ3n) is 5.93. The van der Waals surface area contributed by atoms with E-state index in [0.29, 0.717) is 5.41 Å². The summed E-state index contributed by atoms with van der Waals surface area (Å²) in [6, 6.07) is 0.862. The van der Waals surface area contributed by atoms with Crippen LogP contribution in [0.5, 0.6) is 0 Å². The first-order valence-corrected chi connectivity index (χ1v) is 11.3. The molecule has 1 saturated carbocycles. The Labute approximate surface area is 138 Å². The molecule has 3 saturated heterocycles. The van der Waals surface area contributed by atoms with Crippen molar-refractivity contribution in [3.8, 4) is 0 Å². The van der Waals surface area contributed by atoms with Gasteiger partial charge in [0.25, 0.3) is 0 Å². The lowest BCUT2D eigenvalue weighted by Crippen LogP contribution is -2.47. The van der Waals surface area contributed by atoms with Crippen molar-refractivity contribution in [1.82, 2.24) is 9.80 Å². The monoisotopic (exact) mass is 326 g/mol. The standard InChI is InChI=1S/C17H30N2S2/c1-4-17(13-18(6-1)10-15-2-3-15)5-7-19(14-17)16-11-20-8-9-21-12-16/h15-16H,1-14H2. The summed E-state index contributed by atoms with van der Waals surface area (Å²) in [6.07, 6.45) is 7.44. The molecular formula is C17H30N2S2. The first kappa shape index (κ1) is 15.2. The second kappa shape index (κ2) is 6.62. The Morgan fingerprint density at radius 2 is 1.76 bits per heavy atom. The highest BCUT2D eigenvalue weighted by Gasteiger charge is 2.43. The lowest BCUT2D eigenvalue weighted by Gasteiger charge is -2.41. The molecule has 2 nitrogen and oxygen atoms in total. The Morgan fingerprint density at radius 1 is 0.952 bits per heavy atom. The molecule has 4 heteroatoms. The van der Waals surface area contributed by atoms with Crippen LogP contribution >= 0.6 is 23.5 Å². The molecule has 0 N–H and O–H groups in total. The van der Waals surface area contributed by atoms with Gasteiger partial charge in [0.2, 0.25) is 0 Å². The zero-order valence-corrected chi connectivity index (χ0v) is 14.9. The Morgan fingerprint density at radius 3 is 2.52 bits per heavy atom. The number of likely N-dealkylation sites (tertiary alicyclic amines) is 2.